The molecule has 2 aliphatic heterocycles. The van der Waals surface area contributed by atoms with Gasteiger partial charge < -0.3 is 9.80 Å². The minimum absolute atomic E-state index is 0.00297. The molecule has 2 atom stereocenters. The molecule has 0 unspecified atom stereocenters. The van der Waals surface area contributed by atoms with Gasteiger partial charge in [-0.15, -0.1) is 5.10 Å². The Balaban J connectivity index is 1.35. The molecule has 140 valence electrons. The van der Waals surface area contributed by atoms with Gasteiger partial charge in [-0.3, -0.25) is 14.3 Å². The zero-order valence-corrected chi connectivity index (χ0v) is 15.1. The van der Waals surface area contributed by atoms with E-state index in [4.69, 9.17) is 0 Å². The maximum absolute atomic E-state index is 12.6. The van der Waals surface area contributed by atoms with E-state index in [2.05, 4.69) is 10.3 Å². The van der Waals surface area contributed by atoms with Crippen LogP contribution in [0.3, 0.4) is 0 Å². The highest BCUT2D eigenvalue weighted by Crippen LogP contribution is 2.32. The van der Waals surface area contributed by atoms with E-state index in [1.807, 2.05) is 52.4 Å². The highest BCUT2D eigenvalue weighted by Gasteiger charge is 2.47. The summed E-state index contributed by atoms with van der Waals surface area (Å²) in [6.45, 7) is 2.14. The van der Waals surface area contributed by atoms with E-state index >= 15 is 0 Å². The van der Waals surface area contributed by atoms with Crippen LogP contribution in [0.5, 0.6) is 0 Å². The van der Waals surface area contributed by atoms with Crippen LogP contribution in [0.2, 0.25) is 0 Å². The van der Waals surface area contributed by atoms with E-state index in [0.29, 0.717) is 19.5 Å². The van der Waals surface area contributed by atoms with Gasteiger partial charge in [0.05, 0.1) is 18.3 Å². The van der Waals surface area contributed by atoms with Crippen LogP contribution < -0.4 is 0 Å². The lowest BCUT2D eigenvalue weighted by Crippen LogP contribution is -2.39. The third-order valence-corrected chi connectivity index (χ3v) is 5.37. The molecule has 2 aliphatic rings. The quantitative estimate of drug-likeness (QED) is 0.729. The van der Waals surface area contributed by atoms with Crippen molar-refractivity contribution >= 4 is 17.9 Å². The lowest BCUT2D eigenvalue weighted by molar-refractivity contribution is -0.129. The Morgan fingerprint density at radius 1 is 1.19 bits per heavy atom. The van der Waals surface area contributed by atoms with Crippen molar-refractivity contribution in [2.45, 2.75) is 37.9 Å². The lowest BCUT2D eigenvalue weighted by atomic mass is 10.1. The average Bonchev–Trinajstić information content (AvgIpc) is 3.39. The van der Waals surface area contributed by atoms with Crippen LogP contribution in [0.25, 0.3) is 6.08 Å². The number of aryl methyl sites for hydroxylation is 1. The summed E-state index contributed by atoms with van der Waals surface area (Å²) in [7, 11) is 0. The standard InChI is InChI=1S/C20H23N5O2/c26-19(8-7-16-5-2-1-3-6-16)25-13-9-17-18(25)15-20(27)24(17)12-4-11-23-14-10-21-22-23/h1-3,5-8,10,14,17-18H,4,9,11-13,15H2/t17-,18-/m0/s1. The molecule has 0 bridgehead atoms. The smallest absolute Gasteiger partial charge is 0.246 e. The second-order valence-electron chi connectivity index (χ2n) is 7.01. The monoisotopic (exact) mass is 365 g/mol. The van der Waals surface area contributed by atoms with E-state index in [1.54, 1.807) is 17.0 Å². The fraction of sp³-hybridized carbons (Fsp3) is 0.400. The summed E-state index contributed by atoms with van der Waals surface area (Å²) in [6, 6.07) is 9.91. The van der Waals surface area contributed by atoms with Gasteiger partial charge in [0.15, 0.2) is 0 Å². The lowest BCUT2D eigenvalue weighted by Gasteiger charge is -2.25. The first-order valence-corrected chi connectivity index (χ1v) is 9.40. The number of nitrogens with zero attached hydrogens (tertiary/aromatic N) is 5. The molecule has 2 saturated heterocycles. The van der Waals surface area contributed by atoms with Gasteiger partial charge in [0.25, 0.3) is 0 Å². The topological polar surface area (TPSA) is 71.3 Å². The molecule has 0 spiro atoms. The molecular formula is C20H23N5O2. The van der Waals surface area contributed by atoms with Crippen LogP contribution in [-0.2, 0) is 16.1 Å². The van der Waals surface area contributed by atoms with Gasteiger partial charge in [0, 0.05) is 38.3 Å². The first-order valence-electron chi connectivity index (χ1n) is 9.40. The van der Waals surface area contributed by atoms with Crippen molar-refractivity contribution in [1.29, 1.82) is 0 Å². The van der Waals surface area contributed by atoms with Crippen molar-refractivity contribution in [2.24, 2.45) is 0 Å². The zero-order chi connectivity index (χ0) is 18.6. The van der Waals surface area contributed by atoms with Gasteiger partial charge in [-0.1, -0.05) is 35.5 Å². The van der Waals surface area contributed by atoms with Crippen LogP contribution in [0.4, 0.5) is 0 Å². The predicted molar refractivity (Wildman–Crippen MR) is 100 cm³/mol. The second-order valence-corrected chi connectivity index (χ2v) is 7.01. The van der Waals surface area contributed by atoms with Crippen LogP contribution in [0.1, 0.15) is 24.8 Å². The number of hydrogen-bond acceptors (Lipinski definition) is 4. The molecule has 0 saturated carbocycles. The molecule has 1 aromatic heterocycles. The SMILES string of the molecule is O=C(C=Cc1ccccc1)N1CC[C@H]2[C@@H]1CC(=O)N2CCCn1ccnn1. The predicted octanol–water partition coefficient (Wildman–Crippen LogP) is 1.58. The van der Waals surface area contributed by atoms with Gasteiger partial charge in [0.1, 0.15) is 0 Å². The molecule has 2 aromatic rings. The minimum atomic E-state index is -0.0105. The molecule has 2 fully saturated rings. The van der Waals surface area contributed by atoms with E-state index in [9.17, 15) is 9.59 Å². The number of aromatic nitrogens is 3. The molecule has 0 radical (unpaired) electrons. The number of amides is 2. The largest absolute Gasteiger partial charge is 0.337 e. The van der Waals surface area contributed by atoms with E-state index < -0.39 is 0 Å². The Labute approximate surface area is 158 Å². The van der Waals surface area contributed by atoms with Crippen molar-refractivity contribution in [3.63, 3.8) is 0 Å². The van der Waals surface area contributed by atoms with Gasteiger partial charge in [-0.05, 0) is 24.5 Å². The molecule has 3 heterocycles. The van der Waals surface area contributed by atoms with Gasteiger partial charge in [0.2, 0.25) is 11.8 Å². The maximum atomic E-state index is 12.6. The van der Waals surface area contributed by atoms with Gasteiger partial charge >= 0.3 is 0 Å². The number of fused-ring (bicyclic) bond motifs is 1. The summed E-state index contributed by atoms with van der Waals surface area (Å²) >= 11 is 0. The van der Waals surface area contributed by atoms with Crippen molar-refractivity contribution in [1.82, 2.24) is 24.8 Å². The number of rotatable bonds is 6. The molecule has 2 amide bonds. The first kappa shape index (κ1) is 17.5. The second kappa shape index (κ2) is 7.73. The van der Waals surface area contributed by atoms with Crippen molar-refractivity contribution in [3.8, 4) is 0 Å². The summed E-state index contributed by atoms with van der Waals surface area (Å²) < 4.78 is 1.77. The van der Waals surface area contributed by atoms with Crippen LogP contribution >= 0.6 is 0 Å². The van der Waals surface area contributed by atoms with E-state index in [1.165, 1.54) is 0 Å². The van der Waals surface area contributed by atoms with Crippen molar-refractivity contribution in [2.75, 3.05) is 13.1 Å². The van der Waals surface area contributed by atoms with Crippen molar-refractivity contribution < 1.29 is 9.59 Å². The Kier molecular flexibility index (Phi) is 5.00. The highest BCUT2D eigenvalue weighted by atomic mass is 16.2. The molecule has 4 rings (SSSR count). The number of carbonyl (C=O) groups excluding carboxylic acids is 2. The third-order valence-electron chi connectivity index (χ3n) is 5.37. The summed E-state index contributed by atoms with van der Waals surface area (Å²) in [4.78, 5) is 28.9. The fourth-order valence-electron chi connectivity index (χ4n) is 4.07. The minimum Gasteiger partial charge on any atom is -0.337 e. The third kappa shape index (κ3) is 3.77. The Bertz CT molecular complexity index is 818. The summed E-state index contributed by atoms with van der Waals surface area (Å²) in [5.41, 5.74) is 0.999. The molecule has 0 N–H and O–H groups in total. The van der Waals surface area contributed by atoms with Gasteiger partial charge in [-0.25, -0.2) is 0 Å². The normalized spacial score (nSPS) is 22.0. The number of carbonyl (C=O) groups is 2. The maximum Gasteiger partial charge on any atom is 0.246 e. The van der Waals surface area contributed by atoms with Crippen LogP contribution in [-0.4, -0.2) is 61.8 Å². The zero-order valence-electron chi connectivity index (χ0n) is 15.1. The van der Waals surface area contributed by atoms with Gasteiger partial charge in [-0.2, -0.15) is 0 Å². The van der Waals surface area contributed by atoms with Crippen LogP contribution in [0.15, 0.2) is 48.8 Å². The number of likely N-dealkylation sites (tertiary alicyclic amines) is 2. The molecule has 1 aromatic carbocycles. The summed E-state index contributed by atoms with van der Waals surface area (Å²) in [5.74, 6) is 0.136. The summed E-state index contributed by atoms with van der Waals surface area (Å²) in [6.07, 6.45) is 9.05. The average molecular weight is 365 g/mol. The molecule has 0 aliphatic carbocycles. The van der Waals surface area contributed by atoms with Crippen LogP contribution in [0, 0.1) is 0 Å². The highest BCUT2D eigenvalue weighted by molar-refractivity contribution is 5.93. The Hall–Kier alpha value is -2.96. The van der Waals surface area contributed by atoms with E-state index in [-0.39, 0.29) is 23.9 Å². The van der Waals surface area contributed by atoms with E-state index in [0.717, 1.165) is 24.9 Å². The molecule has 7 heteroatoms. The summed E-state index contributed by atoms with van der Waals surface area (Å²) in [5, 5.41) is 7.74. The molecule has 27 heavy (non-hydrogen) atoms. The fourth-order valence-corrected chi connectivity index (χ4v) is 4.07. The number of hydrogen-bond donors (Lipinski definition) is 0. The Morgan fingerprint density at radius 2 is 2.04 bits per heavy atom. The molecular weight excluding hydrogens is 342 g/mol. The number of benzene rings is 1. The van der Waals surface area contributed by atoms with Crippen molar-refractivity contribution in [3.05, 3.63) is 54.4 Å². The first-order chi connectivity index (χ1) is 13.2. The Morgan fingerprint density at radius 3 is 2.81 bits per heavy atom. The molecule has 7 nitrogen and oxygen atoms in total.